The van der Waals surface area contributed by atoms with Crippen LogP contribution in [-0.2, 0) is 14.8 Å². The lowest BCUT2D eigenvalue weighted by Crippen LogP contribution is -2.29. The van der Waals surface area contributed by atoms with Crippen LogP contribution in [0.25, 0.3) is 17.3 Å². The molecule has 0 aliphatic heterocycles. The first-order valence-electron chi connectivity index (χ1n) is 12.6. The highest BCUT2D eigenvalue weighted by atomic mass is 32.2. The molecule has 0 amide bonds. The lowest BCUT2D eigenvalue weighted by molar-refractivity contribution is -0.307. The minimum atomic E-state index is -4.01. The summed E-state index contributed by atoms with van der Waals surface area (Å²) in [7, 11) is -2.94. The molecule has 33 heavy (non-hydrogen) atoms. The van der Waals surface area contributed by atoms with Crippen LogP contribution in [0.5, 0.6) is 0 Å². The largest absolute Gasteiger partial charge is 0.550 e. The zero-order valence-electron chi connectivity index (χ0n) is 23.8. The summed E-state index contributed by atoms with van der Waals surface area (Å²) in [6.45, 7) is -6.35. The molecule has 1 heterocycles. The second-order valence-electron chi connectivity index (χ2n) is 7.23. The fourth-order valence-corrected chi connectivity index (χ4v) is 3.19. The number of aliphatic hydroxyl groups excluding tert-OH is 2. The number of aromatic nitrogens is 2. The second kappa shape index (κ2) is 10.8. The van der Waals surface area contributed by atoms with Crippen molar-refractivity contribution in [1.82, 2.24) is 9.97 Å². The number of carbonyl (C=O) groups excluding carboxylic acids is 1. The van der Waals surface area contributed by atoms with Gasteiger partial charge in [-0.05, 0) is 30.2 Å². The molecule has 0 fully saturated rings. The number of anilines is 1. The molecule has 2 aromatic rings. The maximum atomic E-state index is 13.7. The Labute approximate surface area is 200 Å². The third-order valence-electron chi connectivity index (χ3n) is 4.53. The second-order valence-corrected chi connectivity index (χ2v) is 9.25. The van der Waals surface area contributed by atoms with Gasteiger partial charge in [-0.25, -0.2) is 27.1 Å². The van der Waals surface area contributed by atoms with Crippen molar-refractivity contribution in [3.8, 4) is 11.3 Å². The van der Waals surface area contributed by atoms with Crippen molar-refractivity contribution >= 4 is 28.0 Å². The van der Waals surface area contributed by atoms with Crippen molar-refractivity contribution in [3.63, 3.8) is 0 Å². The Morgan fingerprint density at radius 3 is 2.45 bits per heavy atom. The van der Waals surface area contributed by atoms with E-state index in [4.69, 9.17) is 8.22 Å². The third kappa shape index (κ3) is 7.31. The van der Waals surface area contributed by atoms with Gasteiger partial charge in [-0.15, -0.1) is 0 Å². The van der Waals surface area contributed by atoms with Crippen LogP contribution in [0.1, 0.15) is 51.9 Å². The molecule has 1 aromatic carbocycles. The van der Waals surface area contributed by atoms with Gasteiger partial charge in [0.05, 0.1) is 29.9 Å². The van der Waals surface area contributed by atoms with Crippen molar-refractivity contribution in [2.45, 2.75) is 44.7 Å². The number of sulfonamides is 1. The minimum absolute atomic E-state index is 0.129. The fraction of sp³-hybridized carbons (Fsp3) is 0.409. The fourth-order valence-electron chi connectivity index (χ4n) is 2.82. The Bertz CT molecular complexity index is 1310. The zero-order valence-corrected chi connectivity index (χ0v) is 18.6. The van der Waals surface area contributed by atoms with Gasteiger partial charge in [0, 0.05) is 45.2 Å². The average Bonchev–Trinajstić information content (AvgIpc) is 2.74. The number of rotatable bonds is 10. The standard InChI is InChI=1S/C22H28FN3O6S/c1-13(2)20-18(10-9-16(27)11-17(28)12-19(29)30)21(14-5-7-15(23)8-6-14)25-22(24-20)26(3)33(4,31)32/h5-10,13,16-17,27-28H,11-12H2,1-4H3,(H,29,30)/p-1/b10-9+/t16-,17-/m1/s1/i1D3,2D3. The summed E-state index contributed by atoms with van der Waals surface area (Å²) in [6, 6.07) is 4.56. The lowest BCUT2D eigenvalue weighted by atomic mass is 9.97. The number of benzene rings is 1. The van der Waals surface area contributed by atoms with E-state index in [0.717, 1.165) is 37.6 Å². The lowest BCUT2D eigenvalue weighted by Gasteiger charge is -2.20. The van der Waals surface area contributed by atoms with Gasteiger partial charge in [0.15, 0.2) is 0 Å². The molecule has 0 radical (unpaired) electrons. The van der Waals surface area contributed by atoms with E-state index >= 15 is 0 Å². The first-order valence-corrected chi connectivity index (χ1v) is 11.4. The number of carbonyl (C=O) groups is 1. The Hall–Kier alpha value is -2.89. The highest BCUT2D eigenvalue weighted by Crippen LogP contribution is 2.31. The van der Waals surface area contributed by atoms with Crippen molar-refractivity contribution in [3.05, 3.63) is 47.4 Å². The van der Waals surface area contributed by atoms with E-state index in [0.29, 0.717) is 4.31 Å². The molecule has 0 unspecified atom stereocenters. The van der Waals surface area contributed by atoms with E-state index < -0.39 is 78.1 Å². The van der Waals surface area contributed by atoms with Gasteiger partial charge in [0.25, 0.3) is 0 Å². The summed E-state index contributed by atoms with van der Waals surface area (Å²) in [5.41, 5.74) is -0.890. The van der Waals surface area contributed by atoms with Gasteiger partial charge in [0.1, 0.15) is 5.82 Å². The molecule has 2 N–H and O–H groups in total. The van der Waals surface area contributed by atoms with E-state index in [1.807, 2.05) is 0 Å². The number of hydrogen-bond donors (Lipinski definition) is 2. The van der Waals surface area contributed by atoms with Crippen LogP contribution in [0, 0.1) is 5.82 Å². The molecule has 1 aromatic heterocycles. The Kier molecular flexibility index (Phi) is 6.07. The molecule has 11 heteroatoms. The number of nitrogens with zero attached hydrogens (tertiary/aromatic N) is 3. The number of aliphatic carboxylic acids is 1. The van der Waals surface area contributed by atoms with E-state index in [1.165, 1.54) is 12.1 Å². The van der Waals surface area contributed by atoms with E-state index in [1.54, 1.807) is 0 Å². The smallest absolute Gasteiger partial charge is 0.239 e. The third-order valence-corrected chi connectivity index (χ3v) is 5.69. The van der Waals surface area contributed by atoms with Gasteiger partial charge >= 0.3 is 0 Å². The molecule has 0 saturated heterocycles. The topological polar surface area (TPSA) is 144 Å². The number of halogens is 1. The number of hydrogen-bond acceptors (Lipinski definition) is 8. The quantitative estimate of drug-likeness (QED) is 0.507. The first kappa shape index (κ1) is 18.5. The van der Waals surface area contributed by atoms with Crippen molar-refractivity contribution in [2.24, 2.45) is 0 Å². The summed E-state index contributed by atoms with van der Waals surface area (Å²) in [6.07, 6.45) is -1.30. The number of aliphatic hydroxyl groups is 2. The summed E-state index contributed by atoms with van der Waals surface area (Å²) >= 11 is 0. The monoisotopic (exact) mass is 486 g/mol. The molecule has 2 rings (SSSR count). The Morgan fingerprint density at radius 1 is 1.27 bits per heavy atom. The van der Waals surface area contributed by atoms with Crippen LogP contribution in [0.2, 0.25) is 0 Å². The van der Waals surface area contributed by atoms with E-state index in [-0.39, 0.29) is 16.8 Å². The summed E-state index contributed by atoms with van der Waals surface area (Å²) in [4.78, 5) is 18.9. The molecular formula is C22H27FN3O6S-. The van der Waals surface area contributed by atoms with Gasteiger partial charge in [0.2, 0.25) is 16.0 Å². The van der Waals surface area contributed by atoms with E-state index in [9.17, 15) is 32.9 Å². The highest BCUT2D eigenvalue weighted by molar-refractivity contribution is 7.92. The van der Waals surface area contributed by atoms with Gasteiger partial charge < -0.3 is 20.1 Å². The van der Waals surface area contributed by atoms with Crippen molar-refractivity contribution < 1.29 is 41.1 Å². The molecule has 0 spiro atoms. The molecule has 180 valence electrons. The summed E-state index contributed by atoms with van der Waals surface area (Å²) in [5.74, 6) is -5.01. The van der Waals surface area contributed by atoms with Crippen LogP contribution in [0.4, 0.5) is 10.3 Å². The average molecular weight is 487 g/mol. The SMILES string of the molecule is [2H]C([2H])([2H])C(c1nc(N(C)S(C)(=O)=O)nc(-c2ccc(F)cc2)c1/C=C/[C@@H](O)C[C@@H](O)CC(=O)[O-])C([2H])([2H])[2H]. The van der Waals surface area contributed by atoms with Crippen molar-refractivity contribution in [1.29, 1.82) is 0 Å². The molecule has 2 atom stereocenters. The maximum Gasteiger partial charge on any atom is 0.239 e. The predicted molar refractivity (Wildman–Crippen MR) is 120 cm³/mol. The molecule has 9 nitrogen and oxygen atoms in total. The maximum absolute atomic E-state index is 13.7. The van der Waals surface area contributed by atoms with Gasteiger partial charge in [-0.2, -0.15) is 0 Å². The van der Waals surface area contributed by atoms with Crippen LogP contribution in [0.3, 0.4) is 0 Å². The summed E-state index contributed by atoms with van der Waals surface area (Å²) in [5, 5.41) is 30.8. The van der Waals surface area contributed by atoms with E-state index in [2.05, 4.69) is 9.97 Å². The number of carboxylic acids is 1. The number of carboxylic acid groups (broad SMARTS) is 1. The molecular weight excluding hydrogens is 453 g/mol. The van der Waals surface area contributed by atoms with Gasteiger partial charge in [-0.3, -0.25) is 0 Å². The molecule has 0 bridgehead atoms. The Morgan fingerprint density at radius 2 is 1.91 bits per heavy atom. The Balaban J connectivity index is 2.91. The molecule has 0 aliphatic carbocycles. The zero-order chi connectivity index (χ0) is 29.9. The summed E-state index contributed by atoms with van der Waals surface area (Å²) < 4.78 is 86.3. The molecule has 0 aliphatic rings. The minimum Gasteiger partial charge on any atom is -0.550 e. The van der Waals surface area contributed by atoms with Crippen LogP contribution >= 0.6 is 0 Å². The normalized spacial score (nSPS) is 17.4. The molecule has 0 saturated carbocycles. The predicted octanol–water partition coefficient (Wildman–Crippen LogP) is 1.07. The highest BCUT2D eigenvalue weighted by Gasteiger charge is 2.22. The van der Waals surface area contributed by atoms with Crippen LogP contribution in [0.15, 0.2) is 30.3 Å². The van der Waals surface area contributed by atoms with Crippen molar-refractivity contribution in [2.75, 3.05) is 17.6 Å². The van der Waals surface area contributed by atoms with Crippen LogP contribution < -0.4 is 9.41 Å². The van der Waals surface area contributed by atoms with Gasteiger partial charge in [-0.1, -0.05) is 25.9 Å². The first-order chi connectivity index (χ1) is 17.7. The van der Waals surface area contributed by atoms with Crippen LogP contribution in [-0.4, -0.2) is 60.1 Å².